The highest BCUT2D eigenvalue weighted by Crippen LogP contribution is 2.35. The van der Waals surface area contributed by atoms with E-state index in [-0.39, 0.29) is 23.6 Å². The Morgan fingerprint density at radius 2 is 1.91 bits per heavy atom. The monoisotopic (exact) mass is 638 g/mol. The molecular formula is C34H40F2N4O4S. The number of aryl methyl sites for hydroxylation is 2. The van der Waals surface area contributed by atoms with Gasteiger partial charge in [0, 0.05) is 56.3 Å². The normalized spacial score (nSPS) is 19.4. The van der Waals surface area contributed by atoms with E-state index in [0.29, 0.717) is 37.5 Å². The molecule has 2 atom stereocenters. The summed E-state index contributed by atoms with van der Waals surface area (Å²) in [6.07, 6.45) is 7.08. The van der Waals surface area contributed by atoms with Crippen molar-refractivity contribution in [1.29, 1.82) is 0 Å². The van der Waals surface area contributed by atoms with Gasteiger partial charge in [0.15, 0.2) is 10.7 Å². The Bertz CT molecular complexity index is 1590. The van der Waals surface area contributed by atoms with Gasteiger partial charge in [-0.25, -0.2) is 22.2 Å². The number of carbonyl (C=O) groups excluding carboxylic acids is 1. The van der Waals surface area contributed by atoms with Crippen molar-refractivity contribution >= 4 is 28.1 Å². The summed E-state index contributed by atoms with van der Waals surface area (Å²) in [5, 5.41) is 2.91. The second-order valence-electron chi connectivity index (χ2n) is 11.1. The van der Waals surface area contributed by atoms with E-state index in [9.17, 15) is 22.0 Å². The van der Waals surface area contributed by atoms with Crippen LogP contribution in [0.1, 0.15) is 36.0 Å². The van der Waals surface area contributed by atoms with Crippen LogP contribution in [0.25, 0.3) is 0 Å². The highest BCUT2D eigenvalue weighted by molar-refractivity contribution is 7.77. The number of aliphatic imine (C=N–C) groups is 1. The molecule has 45 heavy (non-hydrogen) atoms. The molecule has 11 heteroatoms. The van der Waals surface area contributed by atoms with Gasteiger partial charge in [0.2, 0.25) is 5.91 Å². The molecule has 0 bridgehead atoms. The fourth-order valence-corrected chi connectivity index (χ4v) is 6.05. The third kappa shape index (κ3) is 8.76. The Kier molecular flexibility index (Phi) is 11.8. The zero-order valence-corrected chi connectivity index (χ0v) is 26.6. The first-order chi connectivity index (χ1) is 21.6. The van der Waals surface area contributed by atoms with Gasteiger partial charge in [0.25, 0.3) is 0 Å². The molecule has 0 radical (unpaired) electrons. The summed E-state index contributed by atoms with van der Waals surface area (Å²) in [7, 11) is -2.92. The third-order valence-corrected chi connectivity index (χ3v) is 8.72. The van der Waals surface area contributed by atoms with E-state index in [4.69, 9.17) is 4.74 Å². The summed E-state index contributed by atoms with van der Waals surface area (Å²) in [5.74, 6) is -3.13. The largest absolute Gasteiger partial charge is 0.378 e. The second-order valence-corrected chi connectivity index (χ2v) is 12.2. The summed E-state index contributed by atoms with van der Waals surface area (Å²) < 4.78 is 57.5. The number of amides is 1. The van der Waals surface area contributed by atoms with Crippen molar-refractivity contribution in [3.8, 4) is 0 Å². The first-order valence-corrected chi connectivity index (χ1v) is 16.1. The Labute approximate surface area is 265 Å². The number of thiol groups is 1. The summed E-state index contributed by atoms with van der Waals surface area (Å²) in [6.45, 7) is 14.9. The summed E-state index contributed by atoms with van der Waals surface area (Å²) in [4.78, 5) is 22.2. The molecule has 4 rings (SSSR count). The van der Waals surface area contributed by atoms with Crippen LogP contribution >= 0.6 is 0 Å². The molecule has 2 aromatic rings. The summed E-state index contributed by atoms with van der Waals surface area (Å²) in [6, 6.07) is 9.62. The van der Waals surface area contributed by atoms with Gasteiger partial charge < -0.3 is 19.9 Å². The Morgan fingerprint density at radius 3 is 2.58 bits per heavy atom. The lowest BCUT2D eigenvalue weighted by Gasteiger charge is -2.31. The SMILES string of the molecule is C=C/C(=C\N1C[C@@H](C(=O)N/C(=N/C=C\C)C(=C)CCc2ccc(C)cc2N2CCOCC2)[C@H](c2ccc(F)cc2F)C1)[SH](=O)=O. The molecule has 0 spiro atoms. The van der Waals surface area contributed by atoms with Crippen LogP contribution in [0.4, 0.5) is 14.5 Å². The number of nitrogens with zero attached hydrogens (tertiary/aromatic N) is 3. The number of carbonyl (C=O) groups is 1. The van der Waals surface area contributed by atoms with Crippen LogP contribution in [0.3, 0.4) is 0 Å². The number of morpholine rings is 1. The fourth-order valence-electron chi connectivity index (χ4n) is 5.64. The number of halogens is 2. The average molecular weight is 639 g/mol. The number of benzene rings is 2. The van der Waals surface area contributed by atoms with Crippen molar-refractivity contribution in [3.05, 3.63) is 113 Å². The number of nitrogens with one attached hydrogen (secondary N) is 1. The number of rotatable bonds is 11. The van der Waals surface area contributed by atoms with Crippen LogP contribution in [0.15, 0.2) is 89.6 Å². The van der Waals surface area contributed by atoms with Gasteiger partial charge in [-0.1, -0.05) is 37.4 Å². The number of amidine groups is 1. The minimum atomic E-state index is -2.92. The molecule has 2 aliphatic rings. The van der Waals surface area contributed by atoms with Crippen LogP contribution in [0.5, 0.6) is 0 Å². The maximum absolute atomic E-state index is 15.0. The minimum Gasteiger partial charge on any atom is -0.378 e. The van der Waals surface area contributed by atoms with E-state index >= 15 is 0 Å². The molecule has 0 unspecified atom stereocenters. The molecule has 2 fully saturated rings. The maximum Gasteiger partial charge on any atom is 0.231 e. The number of likely N-dealkylation sites (tertiary alicyclic amines) is 1. The quantitative estimate of drug-likeness (QED) is 0.156. The van der Waals surface area contributed by atoms with Crippen LogP contribution in [0.2, 0.25) is 0 Å². The molecule has 2 aromatic carbocycles. The number of allylic oxidation sites excluding steroid dienone is 2. The van der Waals surface area contributed by atoms with Crippen LogP contribution in [0, 0.1) is 24.5 Å². The first-order valence-electron chi connectivity index (χ1n) is 14.9. The minimum absolute atomic E-state index is 0.0272. The van der Waals surface area contributed by atoms with Crippen LogP contribution in [-0.2, 0) is 26.7 Å². The first kappa shape index (κ1) is 33.8. The smallest absolute Gasteiger partial charge is 0.231 e. The number of hydrogen-bond acceptors (Lipinski definition) is 7. The molecule has 240 valence electrons. The van der Waals surface area contributed by atoms with Gasteiger partial charge in [0.05, 0.1) is 24.0 Å². The maximum atomic E-state index is 15.0. The highest BCUT2D eigenvalue weighted by atomic mass is 32.2. The van der Waals surface area contributed by atoms with Gasteiger partial charge in [-0.2, -0.15) is 0 Å². The van der Waals surface area contributed by atoms with Gasteiger partial charge in [-0.05, 0) is 67.2 Å². The van der Waals surface area contributed by atoms with Gasteiger partial charge in [-0.3, -0.25) is 4.79 Å². The predicted octanol–water partition coefficient (Wildman–Crippen LogP) is 5.00. The number of anilines is 1. The fraction of sp³-hybridized carbons (Fsp3) is 0.353. The molecule has 8 nitrogen and oxygen atoms in total. The van der Waals surface area contributed by atoms with Crippen LogP contribution < -0.4 is 10.2 Å². The Balaban J connectivity index is 1.56. The van der Waals surface area contributed by atoms with E-state index < -0.39 is 40.1 Å². The predicted molar refractivity (Wildman–Crippen MR) is 175 cm³/mol. The summed E-state index contributed by atoms with van der Waals surface area (Å²) in [5.41, 5.74) is 4.26. The lowest BCUT2D eigenvalue weighted by molar-refractivity contribution is -0.123. The number of hydrogen-bond donors (Lipinski definition) is 2. The van der Waals surface area contributed by atoms with Crippen molar-refractivity contribution in [2.45, 2.75) is 32.6 Å². The second kappa shape index (κ2) is 15.8. The van der Waals surface area contributed by atoms with Crippen LogP contribution in [-0.4, -0.2) is 64.5 Å². The van der Waals surface area contributed by atoms with Crippen molar-refractivity contribution in [3.63, 3.8) is 0 Å². The zero-order chi connectivity index (χ0) is 32.5. The summed E-state index contributed by atoms with van der Waals surface area (Å²) >= 11 is 0. The standard InChI is InChI=1S/C34H40F2N4O4S/c1-5-13-37-33(24(4)8-10-25-9-7-23(3)18-32(25)40-14-16-44-17-15-40)38-34(41)30-22-39(20-27(6-2)45(42)43)21-29(30)28-12-11-26(35)19-31(28)36/h5-7,9,11-13,18-20,29-30,45H,2,4,8,10,14-17,21-22H2,1,3H3,(H,37,38,41)/b13-5-,27-20+/t29-,30+/m0/s1. The van der Waals surface area contributed by atoms with E-state index in [1.165, 1.54) is 18.3 Å². The third-order valence-electron chi connectivity index (χ3n) is 8.00. The molecule has 0 aromatic heterocycles. The van der Waals surface area contributed by atoms with E-state index in [0.717, 1.165) is 42.0 Å². The highest BCUT2D eigenvalue weighted by Gasteiger charge is 2.39. The van der Waals surface area contributed by atoms with Crippen molar-refractivity contribution < 1.29 is 26.7 Å². The molecule has 1 amide bonds. The molecule has 0 aliphatic carbocycles. The van der Waals surface area contributed by atoms with Crippen molar-refractivity contribution in [1.82, 2.24) is 10.2 Å². The van der Waals surface area contributed by atoms with E-state index in [1.54, 1.807) is 24.1 Å². The molecule has 1 N–H and O–H groups in total. The number of ether oxygens (including phenoxy) is 1. The topological polar surface area (TPSA) is 91.3 Å². The Morgan fingerprint density at radius 1 is 1.16 bits per heavy atom. The van der Waals surface area contributed by atoms with Crippen molar-refractivity contribution in [2.75, 3.05) is 44.3 Å². The van der Waals surface area contributed by atoms with Gasteiger partial charge in [-0.15, -0.1) is 0 Å². The van der Waals surface area contributed by atoms with Gasteiger partial charge in [0.1, 0.15) is 17.5 Å². The van der Waals surface area contributed by atoms with E-state index in [1.807, 2.05) is 0 Å². The van der Waals surface area contributed by atoms with E-state index in [2.05, 4.69) is 53.5 Å². The Hall–Kier alpha value is -4.09. The average Bonchev–Trinajstić information content (AvgIpc) is 3.45. The molecule has 2 heterocycles. The molecular weight excluding hydrogens is 598 g/mol. The zero-order valence-electron chi connectivity index (χ0n) is 25.7. The lowest BCUT2D eigenvalue weighted by atomic mass is 9.87. The lowest BCUT2D eigenvalue weighted by Crippen LogP contribution is -2.39. The molecule has 0 saturated carbocycles. The molecule has 2 saturated heterocycles. The molecule has 2 aliphatic heterocycles. The van der Waals surface area contributed by atoms with Gasteiger partial charge >= 0.3 is 0 Å². The van der Waals surface area contributed by atoms with Crippen molar-refractivity contribution in [2.24, 2.45) is 10.9 Å².